The highest BCUT2D eigenvalue weighted by Gasteiger charge is 2.12. The van der Waals surface area contributed by atoms with Crippen LogP contribution in [0.1, 0.15) is 25.7 Å². The number of fused-ring (bicyclic) bond motifs is 1. The van der Waals surface area contributed by atoms with Crippen LogP contribution in [0, 0.1) is 0 Å². The highest BCUT2D eigenvalue weighted by atomic mass is 35.5. The molecule has 1 saturated heterocycles. The lowest BCUT2D eigenvalue weighted by Gasteiger charge is -2.26. The number of oxazole rings is 1. The smallest absolute Gasteiger partial charge is 0.227 e. The fraction of sp³-hybridized carbons (Fsp3) is 0.321. The summed E-state index contributed by atoms with van der Waals surface area (Å²) in [5.74, 6) is 1.49. The number of ether oxygens (including phenoxy) is 1. The minimum atomic E-state index is 0.609. The number of hydrogen-bond acceptors (Lipinski definition) is 5. The van der Waals surface area contributed by atoms with E-state index in [1.807, 2.05) is 73.8 Å². The minimum absolute atomic E-state index is 0.609. The topological polar surface area (TPSA) is 41.7 Å². The average molecular weight is 476 g/mol. The highest BCUT2D eigenvalue weighted by molar-refractivity contribution is 6.30. The Morgan fingerprint density at radius 3 is 2.44 bits per heavy atom. The van der Waals surface area contributed by atoms with Crippen LogP contribution in [0.3, 0.4) is 0 Å². The average Bonchev–Trinajstić information content (AvgIpc) is 3.31. The number of aromatic nitrogens is 1. The molecular weight excluding hydrogens is 446 g/mol. The van der Waals surface area contributed by atoms with Gasteiger partial charge in [0, 0.05) is 41.6 Å². The van der Waals surface area contributed by atoms with Crippen molar-refractivity contribution < 1.29 is 9.15 Å². The van der Waals surface area contributed by atoms with Crippen LogP contribution in [0.5, 0.6) is 5.75 Å². The van der Waals surface area contributed by atoms with Gasteiger partial charge in [0.2, 0.25) is 5.89 Å². The van der Waals surface area contributed by atoms with Crippen LogP contribution in [0.15, 0.2) is 71.1 Å². The Morgan fingerprint density at radius 1 is 0.941 bits per heavy atom. The fourth-order valence-corrected chi connectivity index (χ4v) is 4.54. The van der Waals surface area contributed by atoms with Gasteiger partial charge >= 0.3 is 0 Å². The third kappa shape index (κ3) is 5.37. The van der Waals surface area contributed by atoms with Gasteiger partial charge in [-0.05, 0) is 93.0 Å². The molecule has 5 nitrogen and oxygen atoms in total. The van der Waals surface area contributed by atoms with Gasteiger partial charge in [-0.1, -0.05) is 18.0 Å². The van der Waals surface area contributed by atoms with Crippen LogP contribution in [0.4, 0.5) is 11.4 Å². The predicted molar refractivity (Wildman–Crippen MR) is 139 cm³/mol. The zero-order chi connectivity index (χ0) is 23.3. The first-order valence-corrected chi connectivity index (χ1v) is 12.4. The molecule has 1 aromatic heterocycles. The third-order valence-electron chi connectivity index (χ3n) is 6.41. The number of halogens is 1. The maximum atomic E-state index is 6.10. The molecule has 1 aliphatic rings. The summed E-state index contributed by atoms with van der Waals surface area (Å²) in [6.45, 7) is 4.33. The van der Waals surface area contributed by atoms with Crippen LogP contribution in [-0.4, -0.2) is 43.2 Å². The predicted octanol–water partition coefficient (Wildman–Crippen LogP) is 7.17. The Hall–Kier alpha value is -3.02. The standard InChI is InChI=1S/C28H30ClN3O2/c1-31(23-10-8-22(29)9-11-23)24-12-15-26-27(20-24)34-28(30-26)21-6-13-25(14-7-21)33-19-5-18-32-16-3-2-4-17-32/h6-15,20H,2-5,16-19H2,1H3. The lowest BCUT2D eigenvalue weighted by atomic mass is 10.1. The van der Waals surface area contributed by atoms with Gasteiger partial charge in [-0.2, -0.15) is 0 Å². The van der Waals surface area contributed by atoms with E-state index in [1.54, 1.807) is 0 Å². The summed E-state index contributed by atoms with van der Waals surface area (Å²) in [6.07, 6.45) is 5.09. The Bertz CT molecular complexity index is 1210. The molecule has 0 aliphatic carbocycles. The Kier molecular flexibility index (Phi) is 7.02. The van der Waals surface area contributed by atoms with E-state index >= 15 is 0 Å². The van der Waals surface area contributed by atoms with Crippen molar-refractivity contribution in [1.82, 2.24) is 9.88 Å². The van der Waals surface area contributed by atoms with E-state index in [0.29, 0.717) is 5.89 Å². The van der Waals surface area contributed by atoms with E-state index in [0.717, 1.165) is 58.4 Å². The van der Waals surface area contributed by atoms with E-state index in [9.17, 15) is 0 Å². The highest BCUT2D eigenvalue weighted by Crippen LogP contribution is 2.31. The van der Waals surface area contributed by atoms with Crippen molar-refractivity contribution in [3.8, 4) is 17.2 Å². The number of piperidine rings is 1. The molecule has 0 amide bonds. The summed E-state index contributed by atoms with van der Waals surface area (Å²) in [5, 5.41) is 0.723. The summed E-state index contributed by atoms with van der Waals surface area (Å²) in [6, 6.07) is 21.8. The van der Waals surface area contributed by atoms with Crippen LogP contribution < -0.4 is 9.64 Å². The molecular formula is C28H30ClN3O2. The van der Waals surface area contributed by atoms with Crippen molar-refractivity contribution in [2.75, 3.05) is 38.2 Å². The first-order chi connectivity index (χ1) is 16.7. The zero-order valence-electron chi connectivity index (χ0n) is 19.5. The molecule has 4 aromatic rings. The summed E-state index contributed by atoms with van der Waals surface area (Å²) in [4.78, 5) is 9.31. The molecule has 0 radical (unpaired) electrons. The molecule has 0 bridgehead atoms. The van der Waals surface area contributed by atoms with Gasteiger partial charge in [0.1, 0.15) is 11.3 Å². The van der Waals surface area contributed by atoms with Gasteiger partial charge in [-0.25, -0.2) is 4.98 Å². The molecule has 3 aromatic carbocycles. The van der Waals surface area contributed by atoms with Gasteiger partial charge in [0.05, 0.1) is 6.61 Å². The van der Waals surface area contributed by atoms with Crippen LogP contribution in [-0.2, 0) is 0 Å². The summed E-state index contributed by atoms with van der Waals surface area (Å²) < 4.78 is 12.0. The lowest BCUT2D eigenvalue weighted by Crippen LogP contribution is -2.31. The summed E-state index contributed by atoms with van der Waals surface area (Å²) in [7, 11) is 2.02. The van der Waals surface area contributed by atoms with E-state index in [1.165, 1.54) is 32.4 Å². The van der Waals surface area contributed by atoms with Crippen LogP contribution in [0.25, 0.3) is 22.6 Å². The van der Waals surface area contributed by atoms with E-state index < -0.39 is 0 Å². The monoisotopic (exact) mass is 475 g/mol. The molecule has 2 heterocycles. The molecule has 176 valence electrons. The maximum Gasteiger partial charge on any atom is 0.227 e. The number of hydrogen-bond donors (Lipinski definition) is 0. The second-order valence-electron chi connectivity index (χ2n) is 8.84. The second kappa shape index (κ2) is 10.5. The van der Waals surface area contributed by atoms with Crippen molar-refractivity contribution in [3.63, 3.8) is 0 Å². The van der Waals surface area contributed by atoms with E-state index in [4.69, 9.17) is 20.8 Å². The molecule has 34 heavy (non-hydrogen) atoms. The van der Waals surface area contributed by atoms with Gasteiger partial charge in [0.25, 0.3) is 0 Å². The largest absolute Gasteiger partial charge is 0.494 e. The molecule has 0 spiro atoms. The maximum absolute atomic E-state index is 6.10. The van der Waals surface area contributed by atoms with Crippen molar-refractivity contribution >= 4 is 34.1 Å². The molecule has 0 atom stereocenters. The SMILES string of the molecule is CN(c1ccc(Cl)cc1)c1ccc2nc(-c3ccc(OCCCN4CCCCC4)cc3)oc2c1. The minimum Gasteiger partial charge on any atom is -0.494 e. The second-order valence-corrected chi connectivity index (χ2v) is 9.27. The third-order valence-corrected chi connectivity index (χ3v) is 6.66. The molecule has 0 N–H and O–H groups in total. The van der Waals surface area contributed by atoms with Crippen LogP contribution in [0.2, 0.25) is 5.02 Å². The van der Waals surface area contributed by atoms with Crippen molar-refractivity contribution in [2.24, 2.45) is 0 Å². The molecule has 1 fully saturated rings. The summed E-state index contributed by atoms with van der Waals surface area (Å²) >= 11 is 6.02. The molecule has 5 rings (SSSR count). The van der Waals surface area contributed by atoms with Crippen molar-refractivity contribution in [1.29, 1.82) is 0 Å². The van der Waals surface area contributed by atoms with E-state index in [2.05, 4.69) is 14.8 Å². The van der Waals surface area contributed by atoms with Gasteiger partial charge in [-0.3, -0.25) is 0 Å². The number of anilines is 2. The van der Waals surface area contributed by atoms with Crippen molar-refractivity contribution in [3.05, 3.63) is 71.8 Å². The Balaban J connectivity index is 1.22. The Labute approximate surface area is 205 Å². The molecule has 1 aliphatic heterocycles. The molecule has 6 heteroatoms. The number of nitrogens with zero attached hydrogens (tertiary/aromatic N) is 3. The Morgan fingerprint density at radius 2 is 1.68 bits per heavy atom. The van der Waals surface area contributed by atoms with Gasteiger partial charge in [-0.15, -0.1) is 0 Å². The quantitative estimate of drug-likeness (QED) is 0.253. The number of likely N-dealkylation sites (tertiary alicyclic amines) is 1. The molecule has 0 saturated carbocycles. The van der Waals surface area contributed by atoms with Crippen molar-refractivity contribution in [2.45, 2.75) is 25.7 Å². The van der Waals surface area contributed by atoms with Crippen LogP contribution >= 0.6 is 11.6 Å². The van der Waals surface area contributed by atoms with Gasteiger partial charge < -0.3 is 19.0 Å². The molecule has 0 unspecified atom stereocenters. The zero-order valence-corrected chi connectivity index (χ0v) is 20.3. The first kappa shape index (κ1) is 22.8. The first-order valence-electron chi connectivity index (χ1n) is 12.0. The van der Waals surface area contributed by atoms with E-state index in [-0.39, 0.29) is 0 Å². The fourth-order valence-electron chi connectivity index (χ4n) is 4.41. The van der Waals surface area contributed by atoms with Gasteiger partial charge in [0.15, 0.2) is 5.58 Å². The summed E-state index contributed by atoms with van der Waals surface area (Å²) in [5.41, 5.74) is 4.60. The number of benzene rings is 3. The lowest BCUT2D eigenvalue weighted by molar-refractivity contribution is 0.205. The number of rotatable bonds is 8. The normalized spacial score (nSPS) is 14.4.